The van der Waals surface area contributed by atoms with E-state index in [-0.39, 0.29) is 29.1 Å². The van der Waals surface area contributed by atoms with Crippen molar-refractivity contribution >= 4 is 22.5 Å². The Kier molecular flexibility index (Phi) is 5.01. The molecule has 2 aromatic heterocycles. The number of aliphatic hydroxyl groups excluding tert-OH is 1. The van der Waals surface area contributed by atoms with Gasteiger partial charge >= 0.3 is 5.69 Å². The fraction of sp³-hybridized carbons (Fsp3) is 0.545. The zero-order valence-electron chi connectivity index (χ0n) is 17.0. The molecular weight excluding hydrogens is 429 g/mol. The van der Waals surface area contributed by atoms with Crippen LogP contribution in [0.1, 0.15) is 53.5 Å². The van der Waals surface area contributed by atoms with E-state index in [9.17, 15) is 23.5 Å². The van der Waals surface area contributed by atoms with Crippen LogP contribution in [0.3, 0.4) is 0 Å². The summed E-state index contributed by atoms with van der Waals surface area (Å²) >= 11 is 1.41. The molecule has 2 aromatic rings. The summed E-state index contributed by atoms with van der Waals surface area (Å²) in [4.78, 5) is 28.9. The molecule has 1 saturated carbocycles. The van der Waals surface area contributed by atoms with Crippen molar-refractivity contribution in [3.63, 3.8) is 0 Å². The highest BCUT2D eigenvalue weighted by molar-refractivity contribution is 7.12. The van der Waals surface area contributed by atoms with E-state index in [1.807, 2.05) is 6.07 Å². The molecule has 3 aliphatic carbocycles. The van der Waals surface area contributed by atoms with E-state index in [0.29, 0.717) is 16.9 Å². The second-order valence-corrected chi connectivity index (χ2v) is 9.96. The van der Waals surface area contributed by atoms with E-state index in [1.165, 1.54) is 15.9 Å². The number of thiophene rings is 1. The summed E-state index contributed by atoms with van der Waals surface area (Å²) in [5.41, 5.74) is -0.948. The smallest absolute Gasteiger partial charge is 0.329 e. The molecule has 1 fully saturated rings. The van der Waals surface area contributed by atoms with Gasteiger partial charge in [-0.3, -0.25) is 14.3 Å². The Bertz CT molecular complexity index is 1290. The lowest BCUT2D eigenvalue weighted by atomic mass is 9.83. The van der Waals surface area contributed by atoms with Gasteiger partial charge in [-0.1, -0.05) is 0 Å². The molecule has 3 aliphatic rings. The molecule has 166 valence electrons. The number of halogens is 3. The van der Waals surface area contributed by atoms with E-state index in [2.05, 4.69) is 4.98 Å². The van der Waals surface area contributed by atoms with Crippen molar-refractivity contribution in [3.05, 3.63) is 52.8 Å². The molecule has 0 bridgehead atoms. The SMILES string of the molecule is CC1=c2c(c(=O)[nH]c(=O)n2C2CC2)=C(C(F)F)C(F)C1c1cc2c(s1)CCC(CO)C2. The summed E-state index contributed by atoms with van der Waals surface area (Å²) in [6.07, 6.45) is -1.48. The van der Waals surface area contributed by atoms with Gasteiger partial charge in [0.15, 0.2) is 0 Å². The standard InChI is InChI=1S/C22H23F3N2O3S/c1-9-15(14-7-11-6-10(8-28)2-5-13(11)31-14)18(23)16(20(24)25)17-19(9)27(12-3-4-12)22(30)26-21(17)29/h7,10,12,15,18,20,28H,2-6,8H2,1H3,(H,26,29,30). The summed E-state index contributed by atoms with van der Waals surface area (Å²) < 4.78 is 45.2. The van der Waals surface area contributed by atoms with Crippen LogP contribution in [0, 0.1) is 5.92 Å². The van der Waals surface area contributed by atoms with Gasteiger partial charge in [0.05, 0.1) is 16.5 Å². The quantitative estimate of drug-likeness (QED) is 0.743. The lowest BCUT2D eigenvalue weighted by Gasteiger charge is -2.28. The number of alkyl halides is 3. The zero-order valence-corrected chi connectivity index (χ0v) is 17.8. The second kappa shape index (κ2) is 7.48. The molecule has 0 aliphatic heterocycles. The molecule has 3 atom stereocenters. The van der Waals surface area contributed by atoms with Crippen molar-refractivity contribution in [1.82, 2.24) is 9.55 Å². The summed E-state index contributed by atoms with van der Waals surface area (Å²) in [5.74, 6) is -0.819. The van der Waals surface area contributed by atoms with Gasteiger partial charge in [0, 0.05) is 28.0 Å². The largest absolute Gasteiger partial charge is 0.396 e. The van der Waals surface area contributed by atoms with Crippen molar-refractivity contribution in [2.24, 2.45) is 5.92 Å². The van der Waals surface area contributed by atoms with E-state index < -0.39 is 35.3 Å². The second-order valence-electron chi connectivity index (χ2n) is 8.79. The molecule has 0 amide bonds. The van der Waals surface area contributed by atoms with Crippen molar-refractivity contribution in [2.75, 3.05) is 6.61 Å². The number of aromatic amines is 1. The third kappa shape index (κ3) is 3.24. The molecule has 5 nitrogen and oxygen atoms in total. The minimum absolute atomic E-state index is 0.0814. The van der Waals surface area contributed by atoms with Crippen molar-refractivity contribution < 1.29 is 18.3 Å². The Hall–Kier alpha value is -2.13. The van der Waals surface area contributed by atoms with Crippen LogP contribution in [0.15, 0.2) is 15.7 Å². The molecular formula is C22H23F3N2O3S. The first-order valence-corrected chi connectivity index (χ1v) is 11.4. The third-order valence-corrected chi connectivity index (χ3v) is 8.10. The molecule has 5 rings (SSSR count). The molecule has 3 unspecified atom stereocenters. The molecule has 2 N–H and O–H groups in total. The van der Waals surface area contributed by atoms with Crippen molar-refractivity contribution in [3.8, 4) is 0 Å². The first-order valence-electron chi connectivity index (χ1n) is 10.6. The van der Waals surface area contributed by atoms with Gasteiger partial charge < -0.3 is 5.11 Å². The summed E-state index contributed by atoms with van der Waals surface area (Å²) in [7, 11) is 0. The number of fused-ring (bicyclic) bond motifs is 2. The van der Waals surface area contributed by atoms with E-state index >= 15 is 4.39 Å². The fourth-order valence-corrected chi connectivity index (χ4v) is 6.49. The predicted octanol–water partition coefficient (Wildman–Crippen LogP) is 1.75. The number of aryl methyl sites for hydroxylation is 1. The Morgan fingerprint density at radius 2 is 2.03 bits per heavy atom. The molecule has 2 heterocycles. The maximum absolute atomic E-state index is 15.7. The minimum atomic E-state index is -3.15. The number of aromatic nitrogens is 2. The molecule has 0 radical (unpaired) electrons. The van der Waals surface area contributed by atoms with Crippen LogP contribution < -0.4 is 21.8 Å². The zero-order chi connectivity index (χ0) is 22.0. The van der Waals surface area contributed by atoms with E-state index in [1.54, 1.807) is 6.92 Å². The lowest BCUT2D eigenvalue weighted by molar-refractivity contribution is 0.191. The minimum Gasteiger partial charge on any atom is -0.396 e. The Labute approximate surface area is 179 Å². The highest BCUT2D eigenvalue weighted by atomic mass is 32.1. The molecule has 31 heavy (non-hydrogen) atoms. The Balaban J connectivity index is 1.78. The van der Waals surface area contributed by atoms with E-state index in [4.69, 9.17) is 0 Å². The first kappa shape index (κ1) is 20.8. The topological polar surface area (TPSA) is 75.1 Å². The fourth-order valence-electron chi connectivity index (χ4n) is 5.09. The highest BCUT2D eigenvalue weighted by Crippen LogP contribution is 2.43. The number of H-pyrrole nitrogens is 1. The predicted molar refractivity (Wildman–Crippen MR) is 112 cm³/mol. The van der Waals surface area contributed by atoms with Crippen LogP contribution in [0.2, 0.25) is 0 Å². The Morgan fingerprint density at radius 1 is 1.29 bits per heavy atom. The normalized spacial score (nSPS) is 25.7. The monoisotopic (exact) mass is 452 g/mol. The van der Waals surface area contributed by atoms with Gasteiger partial charge in [-0.05, 0) is 62.1 Å². The molecule has 0 spiro atoms. The van der Waals surface area contributed by atoms with E-state index in [0.717, 1.165) is 36.1 Å². The maximum atomic E-state index is 15.7. The lowest BCUT2D eigenvalue weighted by Crippen LogP contribution is -2.59. The van der Waals surface area contributed by atoms with Gasteiger partial charge in [0.2, 0.25) is 0 Å². The molecule has 9 heteroatoms. The van der Waals surface area contributed by atoms with Crippen LogP contribution in [-0.4, -0.2) is 33.9 Å². The van der Waals surface area contributed by atoms with Crippen LogP contribution in [0.4, 0.5) is 13.2 Å². The van der Waals surface area contributed by atoms with Crippen molar-refractivity contribution in [1.29, 1.82) is 0 Å². The number of rotatable bonds is 4. The number of hydrogen-bond donors (Lipinski definition) is 2. The molecule has 0 aromatic carbocycles. The average molecular weight is 452 g/mol. The van der Waals surface area contributed by atoms with Crippen LogP contribution in [0.25, 0.3) is 11.1 Å². The number of hydrogen-bond acceptors (Lipinski definition) is 4. The van der Waals surface area contributed by atoms with Gasteiger partial charge in [0.25, 0.3) is 12.0 Å². The number of aliphatic hydroxyl groups is 1. The van der Waals surface area contributed by atoms with Gasteiger partial charge in [-0.2, -0.15) is 0 Å². The van der Waals surface area contributed by atoms with Crippen LogP contribution in [0.5, 0.6) is 0 Å². The van der Waals surface area contributed by atoms with Crippen LogP contribution in [-0.2, 0) is 12.8 Å². The van der Waals surface area contributed by atoms with Crippen LogP contribution >= 0.6 is 11.3 Å². The first-order chi connectivity index (χ1) is 14.8. The summed E-state index contributed by atoms with van der Waals surface area (Å²) in [6, 6.07) is 1.70. The third-order valence-electron chi connectivity index (χ3n) is 6.78. The highest BCUT2D eigenvalue weighted by Gasteiger charge is 2.40. The van der Waals surface area contributed by atoms with Gasteiger partial charge in [-0.25, -0.2) is 18.0 Å². The van der Waals surface area contributed by atoms with Gasteiger partial charge in [-0.15, -0.1) is 11.3 Å². The average Bonchev–Trinajstić information content (AvgIpc) is 3.46. The van der Waals surface area contributed by atoms with Crippen molar-refractivity contribution in [2.45, 2.75) is 63.6 Å². The summed E-state index contributed by atoms with van der Waals surface area (Å²) in [5, 5.41) is 9.26. The number of nitrogens with one attached hydrogen (secondary N) is 1. The molecule has 0 saturated heterocycles. The summed E-state index contributed by atoms with van der Waals surface area (Å²) in [6.45, 7) is 1.73. The number of nitrogens with zero attached hydrogens (tertiary/aromatic N) is 1. The Morgan fingerprint density at radius 3 is 2.68 bits per heavy atom. The van der Waals surface area contributed by atoms with Gasteiger partial charge in [0.1, 0.15) is 6.17 Å². The maximum Gasteiger partial charge on any atom is 0.329 e.